The molecule has 1 amide bonds. The van der Waals surface area contributed by atoms with Gasteiger partial charge in [0.2, 0.25) is 0 Å². The van der Waals surface area contributed by atoms with Gasteiger partial charge in [-0.3, -0.25) is 9.59 Å². The fourth-order valence-electron chi connectivity index (χ4n) is 3.12. The molecule has 11 heteroatoms. The lowest BCUT2D eigenvalue weighted by molar-refractivity contribution is -0.274. The Morgan fingerprint density at radius 3 is 2.41 bits per heavy atom. The number of hydrogen-bond acceptors (Lipinski definition) is 7. The van der Waals surface area contributed by atoms with Crippen molar-refractivity contribution in [3.05, 3.63) is 58.4 Å². The van der Waals surface area contributed by atoms with Crippen LogP contribution in [-0.4, -0.2) is 35.5 Å². The summed E-state index contributed by atoms with van der Waals surface area (Å²) in [5.41, 5.74) is -2.50. The van der Waals surface area contributed by atoms with Crippen molar-refractivity contribution in [3.8, 4) is 22.6 Å². The summed E-state index contributed by atoms with van der Waals surface area (Å²) in [4.78, 5) is 36.8. The number of benzene rings is 2. The Balaban J connectivity index is 1.97. The zero-order valence-corrected chi connectivity index (χ0v) is 18.3. The van der Waals surface area contributed by atoms with Crippen LogP contribution in [0.25, 0.3) is 22.1 Å². The van der Waals surface area contributed by atoms with E-state index in [-0.39, 0.29) is 22.1 Å². The van der Waals surface area contributed by atoms with Crippen LogP contribution < -0.4 is 15.7 Å². The predicted octanol–water partition coefficient (Wildman–Crippen LogP) is 4.14. The molecule has 1 heterocycles. The molecule has 3 aromatic rings. The summed E-state index contributed by atoms with van der Waals surface area (Å²) >= 11 is 0. The van der Waals surface area contributed by atoms with Gasteiger partial charge in [-0.1, -0.05) is 24.3 Å². The largest absolute Gasteiger partial charge is 0.573 e. The van der Waals surface area contributed by atoms with E-state index in [1.165, 1.54) is 30.3 Å². The van der Waals surface area contributed by atoms with Gasteiger partial charge >= 0.3 is 18.0 Å². The summed E-state index contributed by atoms with van der Waals surface area (Å²) < 4.78 is 51.9. The molecule has 0 bridgehead atoms. The van der Waals surface area contributed by atoms with Gasteiger partial charge in [0, 0.05) is 5.56 Å². The number of halogens is 3. The smallest absolute Gasteiger partial charge is 0.506 e. The second-order valence-electron chi connectivity index (χ2n) is 8.14. The molecule has 0 saturated heterocycles. The normalized spacial score (nSPS) is 11.8. The molecular formula is C23H20F3NO7. The van der Waals surface area contributed by atoms with Crippen LogP contribution in [0.4, 0.5) is 13.2 Å². The maximum absolute atomic E-state index is 12.6. The maximum atomic E-state index is 12.6. The molecule has 0 aliphatic carbocycles. The second-order valence-corrected chi connectivity index (χ2v) is 8.14. The summed E-state index contributed by atoms with van der Waals surface area (Å²) in [5.74, 6) is -3.03. The summed E-state index contributed by atoms with van der Waals surface area (Å²) in [7, 11) is 0. The summed E-state index contributed by atoms with van der Waals surface area (Å²) in [6.45, 7) is 4.36. The maximum Gasteiger partial charge on any atom is 0.573 e. The zero-order chi connectivity index (χ0) is 25.3. The predicted molar refractivity (Wildman–Crippen MR) is 114 cm³/mol. The highest BCUT2D eigenvalue weighted by Gasteiger charge is 2.31. The number of esters is 1. The van der Waals surface area contributed by atoms with Crippen LogP contribution in [0.5, 0.6) is 11.5 Å². The Morgan fingerprint density at radius 2 is 1.76 bits per heavy atom. The van der Waals surface area contributed by atoms with Gasteiger partial charge in [-0.05, 0) is 44.5 Å². The molecule has 2 N–H and O–H groups in total. The number of fused-ring (bicyclic) bond motifs is 1. The number of carbonyl (C=O) groups is 2. The molecule has 2 aromatic carbocycles. The quantitative estimate of drug-likeness (QED) is 0.418. The Morgan fingerprint density at radius 1 is 1.09 bits per heavy atom. The van der Waals surface area contributed by atoms with Gasteiger partial charge < -0.3 is 24.3 Å². The monoisotopic (exact) mass is 479 g/mol. The minimum Gasteiger partial charge on any atom is -0.506 e. The van der Waals surface area contributed by atoms with Gasteiger partial charge in [0.15, 0.2) is 5.56 Å². The van der Waals surface area contributed by atoms with Gasteiger partial charge in [0.25, 0.3) is 5.91 Å². The molecule has 180 valence electrons. The van der Waals surface area contributed by atoms with Gasteiger partial charge in [-0.2, -0.15) is 0 Å². The SMILES string of the molecule is CC(C)(C)OC(=O)CNC(=O)c1c(O)c2cccc(-c3cccc(OC(F)(F)F)c3)c2oc1=O. The van der Waals surface area contributed by atoms with E-state index in [1.54, 1.807) is 20.8 Å². The lowest BCUT2D eigenvalue weighted by atomic mass is 10.0. The van der Waals surface area contributed by atoms with Crippen LogP contribution in [0.15, 0.2) is 51.7 Å². The molecule has 34 heavy (non-hydrogen) atoms. The van der Waals surface area contributed by atoms with Crippen molar-refractivity contribution in [2.45, 2.75) is 32.7 Å². The van der Waals surface area contributed by atoms with E-state index in [2.05, 4.69) is 10.1 Å². The highest BCUT2D eigenvalue weighted by atomic mass is 19.4. The van der Waals surface area contributed by atoms with Crippen LogP contribution >= 0.6 is 0 Å². The van der Waals surface area contributed by atoms with Crippen molar-refractivity contribution in [1.82, 2.24) is 5.32 Å². The molecule has 0 atom stereocenters. The molecule has 0 radical (unpaired) electrons. The Bertz CT molecular complexity index is 1310. The molecule has 0 saturated carbocycles. The first-order valence-electron chi connectivity index (χ1n) is 9.90. The highest BCUT2D eigenvalue weighted by Crippen LogP contribution is 2.35. The summed E-state index contributed by atoms with van der Waals surface area (Å²) in [5, 5.41) is 12.8. The fraction of sp³-hybridized carbons (Fsp3) is 0.261. The van der Waals surface area contributed by atoms with Gasteiger partial charge in [-0.15, -0.1) is 13.2 Å². The number of alkyl halides is 3. The molecule has 0 spiro atoms. The highest BCUT2D eigenvalue weighted by molar-refractivity contribution is 6.04. The lowest BCUT2D eigenvalue weighted by Gasteiger charge is -2.19. The van der Waals surface area contributed by atoms with Crippen molar-refractivity contribution < 1.29 is 41.8 Å². The Hall–Kier alpha value is -4.02. The Labute approximate surface area is 190 Å². The molecule has 0 aliphatic heterocycles. The number of ether oxygens (including phenoxy) is 2. The van der Waals surface area contributed by atoms with E-state index in [1.807, 2.05) is 0 Å². The zero-order valence-electron chi connectivity index (χ0n) is 18.3. The average Bonchev–Trinajstić information content (AvgIpc) is 2.69. The summed E-state index contributed by atoms with van der Waals surface area (Å²) in [6, 6.07) is 9.22. The third-order valence-electron chi connectivity index (χ3n) is 4.32. The van der Waals surface area contributed by atoms with E-state index in [4.69, 9.17) is 9.15 Å². The van der Waals surface area contributed by atoms with Crippen LogP contribution in [0.2, 0.25) is 0 Å². The van der Waals surface area contributed by atoms with Crippen LogP contribution in [-0.2, 0) is 9.53 Å². The van der Waals surface area contributed by atoms with Gasteiger partial charge in [-0.25, -0.2) is 4.79 Å². The molecule has 0 fully saturated rings. The molecular weight excluding hydrogens is 459 g/mol. The van der Waals surface area contributed by atoms with Crippen LogP contribution in [0.3, 0.4) is 0 Å². The number of para-hydroxylation sites is 1. The van der Waals surface area contributed by atoms with Crippen molar-refractivity contribution in [2.75, 3.05) is 6.54 Å². The van der Waals surface area contributed by atoms with Gasteiger partial charge in [0.05, 0.1) is 5.39 Å². The van der Waals surface area contributed by atoms with Crippen molar-refractivity contribution in [2.24, 2.45) is 0 Å². The number of aromatic hydroxyl groups is 1. The third-order valence-corrected chi connectivity index (χ3v) is 4.32. The minimum absolute atomic E-state index is 0.0401. The van der Waals surface area contributed by atoms with E-state index in [9.17, 15) is 32.7 Å². The van der Waals surface area contributed by atoms with E-state index < -0.39 is 53.1 Å². The average molecular weight is 479 g/mol. The number of carbonyl (C=O) groups excluding carboxylic acids is 2. The fourth-order valence-corrected chi connectivity index (χ4v) is 3.12. The first-order valence-corrected chi connectivity index (χ1v) is 9.90. The van der Waals surface area contributed by atoms with E-state index in [0.29, 0.717) is 0 Å². The number of rotatable bonds is 5. The summed E-state index contributed by atoms with van der Waals surface area (Å²) in [6.07, 6.45) is -4.90. The third kappa shape index (κ3) is 5.85. The van der Waals surface area contributed by atoms with Crippen LogP contribution in [0.1, 0.15) is 31.1 Å². The Kier molecular flexibility index (Phi) is 6.58. The van der Waals surface area contributed by atoms with Gasteiger partial charge in [0.1, 0.15) is 29.2 Å². The molecule has 0 unspecified atom stereocenters. The minimum atomic E-state index is -4.90. The molecule has 8 nitrogen and oxygen atoms in total. The first-order chi connectivity index (χ1) is 15.7. The van der Waals surface area contributed by atoms with Crippen LogP contribution in [0, 0.1) is 0 Å². The number of hydrogen-bond donors (Lipinski definition) is 2. The first kappa shape index (κ1) is 24.6. The number of amides is 1. The number of nitrogens with one attached hydrogen (secondary N) is 1. The molecule has 3 rings (SSSR count). The molecule has 0 aliphatic rings. The topological polar surface area (TPSA) is 115 Å². The van der Waals surface area contributed by atoms with E-state index >= 15 is 0 Å². The second kappa shape index (κ2) is 9.08. The van der Waals surface area contributed by atoms with Crippen molar-refractivity contribution >= 4 is 22.8 Å². The lowest BCUT2D eigenvalue weighted by Crippen LogP contribution is -2.36. The van der Waals surface area contributed by atoms with Crippen molar-refractivity contribution in [3.63, 3.8) is 0 Å². The van der Waals surface area contributed by atoms with E-state index in [0.717, 1.165) is 12.1 Å². The molecule has 1 aromatic heterocycles. The standard InChI is InChI=1S/C23H20F3NO7/c1-22(2,3)34-16(28)11-27-20(30)17-18(29)15-9-5-8-14(19(15)32-21(17)31)12-6-4-7-13(10-12)33-23(24,25)26/h4-10,29H,11H2,1-3H3,(H,27,30). The van der Waals surface area contributed by atoms with Crippen molar-refractivity contribution in [1.29, 1.82) is 0 Å².